The highest BCUT2D eigenvalue weighted by Crippen LogP contribution is 2.57. The molecule has 2 aromatic carbocycles. The van der Waals surface area contributed by atoms with Gasteiger partial charge in [-0.05, 0) is 23.8 Å². The fourth-order valence-corrected chi connectivity index (χ4v) is 4.12. The van der Waals surface area contributed by atoms with Gasteiger partial charge in [0.05, 0.1) is 0 Å². The van der Waals surface area contributed by atoms with Crippen LogP contribution in [0.3, 0.4) is 0 Å². The summed E-state index contributed by atoms with van der Waals surface area (Å²) in [5.41, 5.74) is 3.68. The SMILES string of the molecule is CC.CC.CC1(C)c2ccccc2N2c3nccnc3N(c3ccccc3)C21. The maximum absolute atomic E-state index is 4.66. The Kier molecular flexibility index (Phi) is 5.68. The zero-order valence-electron chi connectivity index (χ0n) is 17.7. The van der Waals surface area contributed by atoms with E-state index in [1.165, 1.54) is 11.3 Å². The molecule has 5 rings (SSSR count). The maximum Gasteiger partial charge on any atom is 0.178 e. The Morgan fingerprint density at radius 3 is 1.89 bits per heavy atom. The first-order chi connectivity index (χ1) is 13.7. The lowest BCUT2D eigenvalue weighted by molar-refractivity contribution is 0.449. The molecule has 3 heterocycles. The summed E-state index contributed by atoms with van der Waals surface area (Å²) in [5, 5.41) is 0. The lowest BCUT2D eigenvalue weighted by Crippen LogP contribution is -2.46. The van der Waals surface area contributed by atoms with Gasteiger partial charge in [0.15, 0.2) is 11.6 Å². The molecule has 0 fully saturated rings. The Balaban J connectivity index is 0.000000531. The molecule has 0 spiro atoms. The van der Waals surface area contributed by atoms with Crippen molar-refractivity contribution in [2.24, 2.45) is 0 Å². The van der Waals surface area contributed by atoms with Crippen molar-refractivity contribution < 1.29 is 0 Å². The van der Waals surface area contributed by atoms with Crippen LogP contribution in [0.25, 0.3) is 0 Å². The molecule has 0 amide bonds. The first-order valence-corrected chi connectivity index (χ1v) is 10.2. The van der Waals surface area contributed by atoms with Gasteiger partial charge in [-0.3, -0.25) is 0 Å². The molecule has 0 radical (unpaired) electrons. The van der Waals surface area contributed by atoms with E-state index in [-0.39, 0.29) is 11.6 Å². The van der Waals surface area contributed by atoms with Crippen LogP contribution >= 0.6 is 0 Å². The van der Waals surface area contributed by atoms with Gasteiger partial charge in [-0.1, -0.05) is 77.9 Å². The lowest BCUT2D eigenvalue weighted by atomic mass is 9.83. The summed E-state index contributed by atoms with van der Waals surface area (Å²) < 4.78 is 0. The van der Waals surface area contributed by atoms with Crippen molar-refractivity contribution >= 4 is 23.0 Å². The van der Waals surface area contributed by atoms with E-state index in [4.69, 9.17) is 0 Å². The number of fused-ring (bicyclic) bond motifs is 5. The van der Waals surface area contributed by atoms with Crippen molar-refractivity contribution in [3.8, 4) is 0 Å². The molecule has 146 valence electrons. The molecule has 0 bridgehead atoms. The van der Waals surface area contributed by atoms with Crippen LogP contribution in [0.1, 0.15) is 47.1 Å². The summed E-state index contributed by atoms with van der Waals surface area (Å²) in [5.74, 6) is 1.86. The number of hydrogen-bond acceptors (Lipinski definition) is 4. The van der Waals surface area contributed by atoms with Gasteiger partial charge in [0.25, 0.3) is 0 Å². The van der Waals surface area contributed by atoms with E-state index < -0.39 is 0 Å². The van der Waals surface area contributed by atoms with Crippen molar-refractivity contribution in [2.75, 3.05) is 9.80 Å². The number of para-hydroxylation sites is 2. The van der Waals surface area contributed by atoms with Crippen molar-refractivity contribution in [2.45, 2.75) is 53.1 Å². The van der Waals surface area contributed by atoms with E-state index in [1.807, 2.05) is 33.8 Å². The highest BCUT2D eigenvalue weighted by molar-refractivity contribution is 5.88. The smallest absolute Gasteiger partial charge is 0.178 e. The van der Waals surface area contributed by atoms with Gasteiger partial charge in [-0.25, -0.2) is 9.97 Å². The molecule has 3 aromatic rings. The maximum atomic E-state index is 4.66. The third kappa shape index (κ3) is 2.84. The minimum atomic E-state index is -0.0468. The Hall–Kier alpha value is -2.88. The first kappa shape index (κ1) is 19.9. The highest BCUT2D eigenvalue weighted by atomic mass is 15.5. The summed E-state index contributed by atoms with van der Waals surface area (Å²) in [4.78, 5) is 14.0. The normalized spacial score (nSPS) is 17.4. The van der Waals surface area contributed by atoms with E-state index in [9.17, 15) is 0 Å². The second-order valence-electron chi connectivity index (χ2n) is 6.89. The molecule has 0 saturated carbocycles. The zero-order chi connectivity index (χ0) is 20.3. The Labute approximate surface area is 168 Å². The molecule has 2 aliphatic rings. The van der Waals surface area contributed by atoms with Crippen LogP contribution in [0, 0.1) is 0 Å². The van der Waals surface area contributed by atoms with Gasteiger partial charge in [-0.2, -0.15) is 0 Å². The van der Waals surface area contributed by atoms with Gasteiger partial charge in [0.2, 0.25) is 0 Å². The van der Waals surface area contributed by atoms with E-state index in [1.54, 1.807) is 12.4 Å². The third-order valence-corrected chi connectivity index (χ3v) is 5.14. The first-order valence-electron chi connectivity index (χ1n) is 10.2. The summed E-state index contributed by atoms with van der Waals surface area (Å²) in [7, 11) is 0. The van der Waals surface area contributed by atoms with Crippen molar-refractivity contribution in [3.63, 3.8) is 0 Å². The average Bonchev–Trinajstić information content (AvgIpc) is 3.23. The van der Waals surface area contributed by atoms with Gasteiger partial charge in [0.1, 0.15) is 6.17 Å². The second-order valence-corrected chi connectivity index (χ2v) is 6.89. The molecule has 1 atom stereocenters. The molecular weight excluding hydrogens is 344 g/mol. The number of nitrogens with zero attached hydrogens (tertiary/aromatic N) is 4. The standard InChI is InChI=1S/C20H18N4.2C2H6/c1-20(2)15-10-6-7-11-16(15)24-18-17(21-12-13-22-18)23(19(20)24)14-8-4-3-5-9-14;2*1-2/h3-13,19H,1-2H3;2*1-2H3. The summed E-state index contributed by atoms with van der Waals surface area (Å²) in [6, 6.07) is 19.1. The predicted octanol–water partition coefficient (Wildman–Crippen LogP) is 6.44. The van der Waals surface area contributed by atoms with Crippen LogP contribution in [0.2, 0.25) is 0 Å². The monoisotopic (exact) mass is 374 g/mol. The Morgan fingerprint density at radius 2 is 1.25 bits per heavy atom. The van der Waals surface area contributed by atoms with Crippen LogP contribution in [-0.2, 0) is 5.41 Å². The third-order valence-electron chi connectivity index (χ3n) is 5.14. The molecule has 4 heteroatoms. The number of anilines is 4. The molecule has 0 N–H and O–H groups in total. The Bertz CT molecular complexity index is 906. The van der Waals surface area contributed by atoms with Crippen LogP contribution in [0.5, 0.6) is 0 Å². The van der Waals surface area contributed by atoms with Gasteiger partial charge in [0, 0.05) is 29.2 Å². The van der Waals surface area contributed by atoms with E-state index in [0.717, 1.165) is 17.3 Å². The fourth-order valence-electron chi connectivity index (χ4n) is 4.12. The molecule has 0 saturated heterocycles. The van der Waals surface area contributed by atoms with Gasteiger partial charge < -0.3 is 9.80 Å². The fraction of sp³-hybridized carbons (Fsp3) is 0.333. The largest absolute Gasteiger partial charge is 0.301 e. The number of benzene rings is 2. The van der Waals surface area contributed by atoms with Crippen molar-refractivity contribution in [1.29, 1.82) is 0 Å². The van der Waals surface area contributed by atoms with E-state index in [0.29, 0.717) is 0 Å². The number of aromatic nitrogens is 2. The van der Waals surface area contributed by atoms with Crippen LogP contribution in [0.4, 0.5) is 23.0 Å². The molecule has 1 unspecified atom stereocenters. The van der Waals surface area contributed by atoms with Gasteiger partial charge >= 0.3 is 0 Å². The minimum Gasteiger partial charge on any atom is -0.301 e. The Morgan fingerprint density at radius 1 is 0.714 bits per heavy atom. The van der Waals surface area contributed by atoms with Crippen molar-refractivity contribution in [1.82, 2.24) is 9.97 Å². The molecule has 0 aliphatic carbocycles. The molecule has 1 aromatic heterocycles. The van der Waals surface area contributed by atoms with Crippen LogP contribution < -0.4 is 9.80 Å². The van der Waals surface area contributed by atoms with E-state index in [2.05, 4.69) is 82.1 Å². The second kappa shape index (κ2) is 8.01. The van der Waals surface area contributed by atoms with Gasteiger partial charge in [-0.15, -0.1) is 0 Å². The van der Waals surface area contributed by atoms with Crippen molar-refractivity contribution in [3.05, 3.63) is 72.6 Å². The summed E-state index contributed by atoms with van der Waals surface area (Å²) in [6.45, 7) is 12.6. The highest BCUT2D eigenvalue weighted by Gasteiger charge is 2.54. The number of hydrogen-bond donors (Lipinski definition) is 0. The van der Waals surface area contributed by atoms with E-state index >= 15 is 0 Å². The molecule has 28 heavy (non-hydrogen) atoms. The molecule has 4 nitrogen and oxygen atoms in total. The number of rotatable bonds is 1. The minimum absolute atomic E-state index is 0.0468. The zero-order valence-corrected chi connectivity index (χ0v) is 17.7. The lowest BCUT2D eigenvalue weighted by Gasteiger charge is -2.36. The quantitative estimate of drug-likeness (QED) is 0.491. The summed E-state index contributed by atoms with van der Waals surface area (Å²) in [6.07, 6.45) is 3.68. The molecule has 2 aliphatic heterocycles. The predicted molar refractivity (Wildman–Crippen MR) is 119 cm³/mol. The summed E-state index contributed by atoms with van der Waals surface area (Å²) >= 11 is 0. The van der Waals surface area contributed by atoms with Crippen LogP contribution in [0.15, 0.2) is 67.0 Å². The molecular formula is C24H30N4. The topological polar surface area (TPSA) is 32.3 Å². The van der Waals surface area contributed by atoms with Crippen LogP contribution in [-0.4, -0.2) is 16.1 Å². The average molecular weight is 375 g/mol.